The van der Waals surface area contributed by atoms with E-state index < -0.39 is 17.4 Å². The smallest absolute Gasteiger partial charge is 0.246 e. The zero-order valence-corrected chi connectivity index (χ0v) is 38.2. The van der Waals surface area contributed by atoms with Crippen LogP contribution in [0.25, 0.3) is 44.6 Å². The second-order valence-electron chi connectivity index (χ2n) is 19.7. The molecular formula is C52H55N9O7. The fourth-order valence-electron chi connectivity index (χ4n) is 12.4. The Bertz CT molecular complexity index is 3040. The highest BCUT2D eigenvalue weighted by Crippen LogP contribution is 2.56. The summed E-state index contributed by atoms with van der Waals surface area (Å²) < 4.78 is 21.0. The van der Waals surface area contributed by atoms with Crippen LogP contribution in [0.15, 0.2) is 85.5 Å². The molecule has 0 aliphatic carbocycles. The van der Waals surface area contributed by atoms with Crippen molar-refractivity contribution in [2.24, 2.45) is 5.92 Å². The maximum absolute atomic E-state index is 14.7. The number of benzene rings is 2. The van der Waals surface area contributed by atoms with Crippen LogP contribution in [0.5, 0.6) is 11.5 Å². The Kier molecular flexibility index (Phi) is 10.4. The number of rotatable bonds is 12. The first-order valence-electron chi connectivity index (χ1n) is 23.9. The van der Waals surface area contributed by atoms with E-state index in [9.17, 15) is 19.8 Å². The number of amides is 1. The number of aromatic amines is 2. The molecule has 0 saturated carbocycles. The Labute approximate surface area is 393 Å². The second kappa shape index (κ2) is 16.4. The lowest BCUT2D eigenvalue weighted by Crippen LogP contribution is -2.60. The number of H-pyrrole nitrogens is 2. The van der Waals surface area contributed by atoms with E-state index in [0.717, 1.165) is 52.9 Å². The standard InChI is InChI=1S/C52H55N9O7/c1-4-46(65)60-27-51(28-66-25-32(60)19-38(51)48-30(3)36-21-40(56-58-50(36)54-48)34-12-6-8-14-43(34)63)67-26-44-41-22-37(31-23-52(68-44,61(41)24-31)45(64)15-9-16-59-17-10-18-59)47-29(2)35-20-39(55-57-49(35)53-47)33-11-5-7-13-42(33)62/h4-9,11-15,20-21,31-32,37-38,41,44,62-63H,1,10,16-19,22-28H2,2-3H3,(H,53,57)(H,54,58)/b15-9+/t31?,32-,37?,38-,41?,44?,51+,52?/m0/s1. The van der Waals surface area contributed by atoms with Crippen molar-refractivity contribution in [2.45, 2.75) is 80.9 Å². The van der Waals surface area contributed by atoms with Gasteiger partial charge in [0.2, 0.25) is 11.7 Å². The summed E-state index contributed by atoms with van der Waals surface area (Å²) in [7, 11) is 0. The zero-order valence-electron chi connectivity index (χ0n) is 38.2. The van der Waals surface area contributed by atoms with Crippen LogP contribution in [-0.2, 0) is 23.8 Å². The summed E-state index contributed by atoms with van der Waals surface area (Å²) in [5, 5.41) is 41.3. The molecule has 13 rings (SSSR count). The SMILES string of the molecule is C=CC(=O)N1C[C@@]2(OCC3OC4(C(=O)/C=C/CN5CCC5)CC5CN4C3CC5c3[nH]c4nnc(-c5ccccc5O)cc4c3C)COC[C@@H]1C[C@H]2c1[nH]c2nnc(-c3ccccc3O)cc2c1C. The molecule has 0 radical (unpaired) electrons. The largest absolute Gasteiger partial charge is 0.507 e. The number of phenols is 2. The number of piperidine rings is 2. The summed E-state index contributed by atoms with van der Waals surface area (Å²) in [6.07, 6.45) is 7.57. The summed E-state index contributed by atoms with van der Waals surface area (Å²) in [4.78, 5) is 42.0. The molecule has 11 heterocycles. The van der Waals surface area contributed by atoms with Crippen LogP contribution in [0.1, 0.15) is 60.0 Å². The van der Waals surface area contributed by atoms with Crippen LogP contribution >= 0.6 is 0 Å². The fraction of sp³-hybridized carbons (Fsp3) is 0.423. The van der Waals surface area contributed by atoms with Gasteiger partial charge in [0, 0.05) is 70.7 Å². The van der Waals surface area contributed by atoms with Crippen molar-refractivity contribution in [3.63, 3.8) is 0 Å². The van der Waals surface area contributed by atoms with Crippen molar-refractivity contribution in [1.29, 1.82) is 0 Å². The van der Waals surface area contributed by atoms with Crippen molar-refractivity contribution in [2.75, 3.05) is 52.5 Å². The number of nitrogens with one attached hydrogen (secondary N) is 2. The molecule has 4 bridgehead atoms. The Hall–Kier alpha value is -6.30. The Morgan fingerprint density at radius 2 is 1.57 bits per heavy atom. The third-order valence-electron chi connectivity index (χ3n) is 16.1. The number of ketones is 1. The normalized spacial score (nSPS) is 29.0. The number of hydrogen-bond acceptors (Lipinski definition) is 13. The maximum atomic E-state index is 14.7. The molecule has 0 spiro atoms. The van der Waals surface area contributed by atoms with Gasteiger partial charge < -0.3 is 39.3 Å². The molecule has 2 aromatic carbocycles. The predicted molar refractivity (Wildman–Crippen MR) is 253 cm³/mol. The van der Waals surface area contributed by atoms with Gasteiger partial charge >= 0.3 is 0 Å². The topological polar surface area (TPSA) is 195 Å². The Balaban J connectivity index is 0.892. The van der Waals surface area contributed by atoms with Gasteiger partial charge in [-0.15, -0.1) is 20.4 Å². The van der Waals surface area contributed by atoms with Crippen molar-refractivity contribution in [3.8, 4) is 34.0 Å². The first-order valence-corrected chi connectivity index (χ1v) is 23.9. The molecule has 16 nitrogen and oxygen atoms in total. The van der Waals surface area contributed by atoms with E-state index in [1.807, 2.05) is 47.4 Å². The second-order valence-corrected chi connectivity index (χ2v) is 19.7. The number of carbonyl (C=O) groups is 2. The average molecular weight is 918 g/mol. The number of carbonyl (C=O) groups excluding carboxylic acids is 2. The van der Waals surface area contributed by atoms with Gasteiger partial charge in [-0.1, -0.05) is 36.9 Å². The molecule has 7 aliphatic rings. The molecule has 4 aromatic heterocycles. The first kappa shape index (κ1) is 43.0. The first-order chi connectivity index (χ1) is 33.0. The number of likely N-dealkylation sites (tertiary alicyclic amines) is 1. The predicted octanol–water partition coefficient (Wildman–Crippen LogP) is 6.05. The summed E-state index contributed by atoms with van der Waals surface area (Å²) in [5.74, 6) is -0.0123. The van der Waals surface area contributed by atoms with Crippen molar-refractivity contribution in [1.82, 2.24) is 45.1 Å². The molecule has 350 valence electrons. The number of hydrogen-bond donors (Lipinski definition) is 4. The number of ether oxygens (including phenoxy) is 3. The zero-order chi connectivity index (χ0) is 46.5. The molecule has 5 unspecified atom stereocenters. The van der Waals surface area contributed by atoms with Gasteiger partial charge in [-0.25, -0.2) is 0 Å². The molecule has 68 heavy (non-hydrogen) atoms. The summed E-state index contributed by atoms with van der Waals surface area (Å²) in [6.45, 7) is 12.5. The van der Waals surface area contributed by atoms with Gasteiger partial charge in [-0.3, -0.25) is 19.4 Å². The van der Waals surface area contributed by atoms with Crippen LogP contribution in [0.4, 0.5) is 0 Å². The Morgan fingerprint density at radius 1 is 0.912 bits per heavy atom. The highest BCUT2D eigenvalue weighted by molar-refractivity contribution is 5.97. The molecule has 7 fully saturated rings. The minimum Gasteiger partial charge on any atom is -0.507 e. The molecule has 7 aliphatic heterocycles. The van der Waals surface area contributed by atoms with Gasteiger partial charge in [-0.05, 0) is 112 Å². The van der Waals surface area contributed by atoms with Crippen molar-refractivity contribution in [3.05, 3.63) is 108 Å². The quantitative estimate of drug-likeness (QED) is 0.104. The number of nitrogens with zero attached hydrogens (tertiary/aromatic N) is 7. The molecule has 6 aromatic rings. The van der Waals surface area contributed by atoms with Crippen molar-refractivity contribution < 1.29 is 34.0 Å². The number of aryl methyl sites for hydroxylation is 2. The minimum atomic E-state index is -1.15. The van der Waals surface area contributed by atoms with Crippen LogP contribution in [0.3, 0.4) is 0 Å². The van der Waals surface area contributed by atoms with Gasteiger partial charge in [0.05, 0.1) is 49.9 Å². The highest BCUT2D eigenvalue weighted by atomic mass is 16.6. The van der Waals surface area contributed by atoms with Gasteiger partial charge in [0.1, 0.15) is 17.1 Å². The van der Waals surface area contributed by atoms with Crippen LogP contribution in [0, 0.1) is 19.8 Å². The Morgan fingerprint density at radius 3 is 2.22 bits per heavy atom. The lowest BCUT2D eigenvalue weighted by molar-refractivity contribution is -0.171. The van der Waals surface area contributed by atoms with E-state index in [4.69, 9.17) is 14.2 Å². The molecule has 7 saturated heterocycles. The van der Waals surface area contributed by atoms with Gasteiger partial charge in [0.15, 0.2) is 17.0 Å². The van der Waals surface area contributed by atoms with Crippen LogP contribution in [-0.4, -0.2) is 149 Å². The van der Waals surface area contributed by atoms with E-state index in [0.29, 0.717) is 66.2 Å². The lowest BCUT2D eigenvalue weighted by Gasteiger charge is -2.48. The van der Waals surface area contributed by atoms with Gasteiger partial charge in [-0.2, -0.15) is 0 Å². The van der Waals surface area contributed by atoms with Crippen LogP contribution < -0.4 is 0 Å². The molecule has 4 N–H and O–H groups in total. The number of aromatic hydroxyl groups is 2. The third-order valence-corrected chi connectivity index (χ3v) is 16.1. The molecular weight excluding hydrogens is 863 g/mol. The van der Waals surface area contributed by atoms with Crippen molar-refractivity contribution >= 4 is 33.8 Å². The molecule has 1 amide bonds. The number of phenolic OH excluding ortho intramolecular Hbond substituents is 2. The van der Waals surface area contributed by atoms with Gasteiger partial charge in [0.25, 0.3) is 0 Å². The fourth-order valence-corrected chi connectivity index (χ4v) is 12.4. The number of aromatic nitrogens is 6. The lowest BCUT2D eigenvalue weighted by atomic mass is 9.76. The monoisotopic (exact) mass is 917 g/mol. The third kappa shape index (κ3) is 6.82. The van der Waals surface area contributed by atoms with Crippen LogP contribution in [0.2, 0.25) is 0 Å². The van der Waals surface area contributed by atoms with E-state index in [-0.39, 0.29) is 72.8 Å². The highest BCUT2D eigenvalue weighted by Gasteiger charge is 2.66. The molecule has 8 atom stereocenters. The summed E-state index contributed by atoms with van der Waals surface area (Å²) in [6, 6.07) is 17.8. The summed E-state index contributed by atoms with van der Waals surface area (Å²) in [5.41, 5.74) is 5.55. The number of fused-ring (bicyclic) bond motifs is 7. The van der Waals surface area contributed by atoms with E-state index >= 15 is 0 Å². The number of para-hydroxylation sites is 2. The maximum Gasteiger partial charge on any atom is 0.246 e. The minimum absolute atomic E-state index is 0.0460. The van der Waals surface area contributed by atoms with E-state index in [1.165, 1.54) is 12.5 Å². The van der Waals surface area contributed by atoms with E-state index in [1.54, 1.807) is 30.3 Å². The average Bonchev–Trinajstić information content (AvgIpc) is 3.96. The summed E-state index contributed by atoms with van der Waals surface area (Å²) >= 11 is 0. The molecule has 16 heteroatoms. The van der Waals surface area contributed by atoms with E-state index in [2.05, 4.69) is 60.6 Å².